The van der Waals surface area contributed by atoms with Crippen LogP contribution in [0.4, 0.5) is 0 Å². The Kier molecular flexibility index (Phi) is 3.11. The largest absolute Gasteiger partial charge is 0.408 e. The molecular weight excluding hydrogens is 238 g/mol. The number of nitrogens with zero attached hydrogens (tertiary/aromatic N) is 1. The molecule has 0 aliphatic rings. The fourth-order valence-electron chi connectivity index (χ4n) is 2.07. The van der Waals surface area contributed by atoms with Crippen molar-refractivity contribution >= 4 is 10.9 Å². The van der Waals surface area contributed by atoms with E-state index >= 15 is 0 Å². The van der Waals surface area contributed by atoms with Crippen LogP contribution in [-0.4, -0.2) is 4.98 Å². The zero-order chi connectivity index (χ0) is 13.1. The molecule has 94 valence electrons. The topological polar surface area (TPSA) is 43.1 Å². The first-order valence-corrected chi connectivity index (χ1v) is 6.25. The number of aromatic nitrogens is 1. The highest BCUT2D eigenvalue weighted by Crippen LogP contribution is 2.09. The van der Waals surface area contributed by atoms with E-state index in [-0.39, 0.29) is 5.63 Å². The Balaban J connectivity index is 1.88. The van der Waals surface area contributed by atoms with E-state index in [4.69, 9.17) is 4.42 Å². The highest BCUT2D eigenvalue weighted by atomic mass is 16.4. The molecule has 2 aromatic carbocycles. The number of hydrogen-bond acceptors (Lipinski definition) is 3. The van der Waals surface area contributed by atoms with Crippen LogP contribution in [0.25, 0.3) is 10.9 Å². The molecule has 0 unspecified atom stereocenters. The number of rotatable bonds is 3. The van der Waals surface area contributed by atoms with Crippen molar-refractivity contribution in [2.75, 3.05) is 0 Å². The second kappa shape index (κ2) is 5.06. The highest BCUT2D eigenvalue weighted by Gasteiger charge is 2.05. The molecule has 0 bridgehead atoms. The molecule has 0 saturated heterocycles. The minimum absolute atomic E-state index is 0.311. The number of aryl methyl sites for hydroxylation is 2. The lowest BCUT2D eigenvalue weighted by Crippen LogP contribution is -2.06. The van der Waals surface area contributed by atoms with Gasteiger partial charge in [0.25, 0.3) is 0 Å². The number of fused-ring (bicyclic) bond motifs is 1. The van der Waals surface area contributed by atoms with Gasteiger partial charge in [-0.1, -0.05) is 42.5 Å². The van der Waals surface area contributed by atoms with Crippen LogP contribution in [0.1, 0.15) is 11.5 Å². The fourth-order valence-corrected chi connectivity index (χ4v) is 2.07. The molecule has 1 aromatic heterocycles. The third-order valence-electron chi connectivity index (χ3n) is 3.05. The molecule has 0 aliphatic heterocycles. The Hall–Kier alpha value is -2.42. The van der Waals surface area contributed by atoms with E-state index in [1.54, 1.807) is 6.07 Å². The monoisotopic (exact) mass is 251 g/mol. The Morgan fingerprint density at radius 2 is 1.63 bits per heavy atom. The van der Waals surface area contributed by atoms with Gasteiger partial charge in [-0.15, -0.1) is 0 Å². The second-order valence-electron chi connectivity index (χ2n) is 4.40. The molecule has 0 amide bonds. The van der Waals surface area contributed by atoms with Crippen molar-refractivity contribution in [1.29, 1.82) is 0 Å². The SMILES string of the molecule is O=c1oc(CCc2ccccc2)nc2ccccc12. The predicted octanol–water partition coefficient (Wildman–Crippen LogP) is 2.97. The third-order valence-corrected chi connectivity index (χ3v) is 3.05. The quantitative estimate of drug-likeness (QED) is 0.718. The zero-order valence-corrected chi connectivity index (χ0v) is 10.4. The van der Waals surface area contributed by atoms with Crippen LogP contribution >= 0.6 is 0 Å². The van der Waals surface area contributed by atoms with Crippen molar-refractivity contribution in [1.82, 2.24) is 4.98 Å². The number of hydrogen-bond donors (Lipinski definition) is 0. The van der Waals surface area contributed by atoms with Gasteiger partial charge in [-0.2, -0.15) is 0 Å². The van der Waals surface area contributed by atoms with Gasteiger partial charge in [0.1, 0.15) is 0 Å². The molecule has 0 N–H and O–H groups in total. The van der Waals surface area contributed by atoms with Crippen LogP contribution in [0, 0.1) is 0 Å². The summed E-state index contributed by atoms with van der Waals surface area (Å²) in [4.78, 5) is 16.2. The van der Waals surface area contributed by atoms with Gasteiger partial charge in [-0.3, -0.25) is 0 Å². The van der Waals surface area contributed by atoms with Gasteiger partial charge < -0.3 is 4.42 Å². The van der Waals surface area contributed by atoms with Crippen LogP contribution in [0.5, 0.6) is 0 Å². The molecule has 0 saturated carbocycles. The molecular formula is C16H13NO2. The summed E-state index contributed by atoms with van der Waals surface area (Å²) in [6, 6.07) is 17.3. The zero-order valence-electron chi connectivity index (χ0n) is 10.4. The van der Waals surface area contributed by atoms with E-state index in [0.29, 0.717) is 23.2 Å². The molecule has 0 atom stereocenters. The molecule has 3 rings (SSSR count). The maximum atomic E-state index is 11.8. The van der Waals surface area contributed by atoms with Crippen molar-refractivity contribution in [2.45, 2.75) is 12.8 Å². The van der Waals surface area contributed by atoms with Crippen molar-refractivity contribution in [2.24, 2.45) is 0 Å². The average molecular weight is 251 g/mol. The second-order valence-corrected chi connectivity index (χ2v) is 4.40. The summed E-state index contributed by atoms with van der Waals surface area (Å²) in [5.41, 5.74) is 1.59. The third kappa shape index (κ3) is 2.55. The average Bonchev–Trinajstić information content (AvgIpc) is 2.46. The van der Waals surface area contributed by atoms with E-state index in [1.807, 2.05) is 36.4 Å². The summed E-state index contributed by atoms with van der Waals surface area (Å²) in [6.07, 6.45) is 1.44. The summed E-state index contributed by atoms with van der Waals surface area (Å²) in [5.74, 6) is 0.493. The molecule has 3 nitrogen and oxygen atoms in total. The highest BCUT2D eigenvalue weighted by molar-refractivity contribution is 5.76. The minimum Gasteiger partial charge on any atom is -0.408 e. The lowest BCUT2D eigenvalue weighted by molar-refractivity contribution is 0.444. The Morgan fingerprint density at radius 3 is 2.47 bits per heavy atom. The van der Waals surface area contributed by atoms with Gasteiger partial charge in [0, 0.05) is 6.42 Å². The lowest BCUT2D eigenvalue weighted by atomic mass is 10.1. The van der Waals surface area contributed by atoms with Crippen LogP contribution in [0.2, 0.25) is 0 Å². The Bertz CT molecular complexity index is 747. The molecule has 3 heteroatoms. The maximum Gasteiger partial charge on any atom is 0.346 e. The van der Waals surface area contributed by atoms with Crippen molar-refractivity contribution in [3.63, 3.8) is 0 Å². The predicted molar refractivity (Wildman–Crippen MR) is 74.1 cm³/mol. The van der Waals surface area contributed by atoms with E-state index in [9.17, 15) is 4.79 Å². The summed E-state index contributed by atoms with van der Waals surface area (Å²) in [6.45, 7) is 0. The first-order chi connectivity index (χ1) is 9.33. The van der Waals surface area contributed by atoms with Crippen molar-refractivity contribution < 1.29 is 4.42 Å². The Labute approximate surface area is 110 Å². The Morgan fingerprint density at radius 1 is 0.895 bits per heavy atom. The normalized spacial score (nSPS) is 10.7. The van der Waals surface area contributed by atoms with Crippen molar-refractivity contribution in [3.05, 3.63) is 76.5 Å². The molecule has 0 radical (unpaired) electrons. The summed E-state index contributed by atoms with van der Waals surface area (Å²) >= 11 is 0. The fraction of sp³-hybridized carbons (Fsp3) is 0.125. The van der Waals surface area contributed by atoms with E-state index in [1.165, 1.54) is 5.56 Å². The first kappa shape index (κ1) is 11.7. The summed E-state index contributed by atoms with van der Waals surface area (Å²) in [7, 11) is 0. The van der Waals surface area contributed by atoms with E-state index in [2.05, 4.69) is 17.1 Å². The molecule has 3 aromatic rings. The van der Waals surface area contributed by atoms with E-state index in [0.717, 1.165) is 6.42 Å². The van der Waals surface area contributed by atoms with Gasteiger partial charge in [0.15, 0.2) is 5.89 Å². The first-order valence-electron chi connectivity index (χ1n) is 6.25. The van der Waals surface area contributed by atoms with Crippen LogP contribution in [-0.2, 0) is 12.8 Å². The van der Waals surface area contributed by atoms with Crippen LogP contribution < -0.4 is 5.63 Å². The molecule has 19 heavy (non-hydrogen) atoms. The van der Waals surface area contributed by atoms with Gasteiger partial charge in [-0.05, 0) is 24.1 Å². The summed E-state index contributed by atoms with van der Waals surface area (Å²) < 4.78 is 5.25. The smallest absolute Gasteiger partial charge is 0.346 e. The molecule has 0 fully saturated rings. The number of benzene rings is 2. The van der Waals surface area contributed by atoms with Crippen LogP contribution in [0.15, 0.2) is 63.8 Å². The number of para-hydroxylation sites is 1. The molecule has 0 aliphatic carbocycles. The maximum absolute atomic E-state index is 11.8. The molecule has 1 heterocycles. The lowest BCUT2D eigenvalue weighted by Gasteiger charge is -2.01. The van der Waals surface area contributed by atoms with Crippen molar-refractivity contribution in [3.8, 4) is 0 Å². The van der Waals surface area contributed by atoms with Gasteiger partial charge in [0.05, 0.1) is 10.9 Å². The van der Waals surface area contributed by atoms with Gasteiger partial charge in [-0.25, -0.2) is 9.78 Å². The van der Waals surface area contributed by atoms with Crippen LogP contribution in [0.3, 0.4) is 0 Å². The minimum atomic E-state index is -0.311. The molecule has 0 spiro atoms. The van der Waals surface area contributed by atoms with E-state index < -0.39 is 0 Å². The van der Waals surface area contributed by atoms with Gasteiger partial charge in [0.2, 0.25) is 0 Å². The summed E-state index contributed by atoms with van der Waals surface area (Å²) in [5, 5.41) is 0.533. The standard InChI is InChI=1S/C16H13NO2/c18-16-13-8-4-5-9-14(13)17-15(19-16)11-10-12-6-2-1-3-7-12/h1-9H,10-11H2. The van der Waals surface area contributed by atoms with Gasteiger partial charge >= 0.3 is 5.63 Å².